The summed E-state index contributed by atoms with van der Waals surface area (Å²) < 4.78 is 19.4. The number of amidine groups is 1. The maximum Gasteiger partial charge on any atom is 0.168 e. The zero-order valence-electron chi connectivity index (χ0n) is 10.5. The summed E-state index contributed by atoms with van der Waals surface area (Å²) in [7, 11) is 0. The summed E-state index contributed by atoms with van der Waals surface area (Å²) in [5, 5.41) is 10.9. The van der Waals surface area contributed by atoms with Crippen LogP contribution in [0.1, 0.15) is 5.56 Å². The van der Waals surface area contributed by atoms with Crippen molar-refractivity contribution in [3.63, 3.8) is 0 Å². The van der Waals surface area contributed by atoms with Crippen LogP contribution in [0.15, 0.2) is 38.8 Å². The van der Waals surface area contributed by atoms with Gasteiger partial charge in [-0.05, 0) is 18.2 Å². The predicted molar refractivity (Wildman–Crippen MR) is 76.8 cm³/mol. The van der Waals surface area contributed by atoms with E-state index in [1.54, 1.807) is 6.07 Å². The molecular formula is C14H11FN2O2S. The number of aliphatic hydroxyl groups excluding tert-OH is 1. The van der Waals surface area contributed by atoms with Crippen molar-refractivity contribution in [2.24, 2.45) is 4.99 Å². The minimum absolute atomic E-state index is 0.0761. The molecule has 1 N–H and O–H groups in total. The standard InChI is InChI=1S/C14H11FN2O2S/c15-10-5-8(6-11-9(10)1-4-19-11)13-12(7-18)20-14-16-2-3-17(13)14/h1,4-6,18H,2-3,7H2. The van der Waals surface area contributed by atoms with Crippen LogP contribution in [0.25, 0.3) is 16.7 Å². The van der Waals surface area contributed by atoms with Crippen molar-refractivity contribution < 1.29 is 13.9 Å². The molecule has 0 aliphatic carbocycles. The average Bonchev–Trinajstić information content (AvgIpc) is 3.12. The van der Waals surface area contributed by atoms with E-state index >= 15 is 0 Å². The normalized spacial score (nSPS) is 18.1. The first-order valence-electron chi connectivity index (χ1n) is 6.29. The Hall–Kier alpha value is -1.79. The van der Waals surface area contributed by atoms with E-state index in [4.69, 9.17) is 4.42 Å². The molecule has 0 spiro atoms. The van der Waals surface area contributed by atoms with Crippen LogP contribution in [0.4, 0.5) is 4.39 Å². The van der Waals surface area contributed by atoms with Crippen molar-refractivity contribution in [1.82, 2.24) is 4.90 Å². The van der Waals surface area contributed by atoms with Crippen LogP contribution >= 0.6 is 11.8 Å². The van der Waals surface area contributed by atoms with E-state index in [1.807, 2.05) is 11.0 Å². The molecular weight excluding hydrogens is 279 g/mol. The molecule has 0 bridgehead atoms. The third kappa shape index (κ3) is 1.61. The topological polar surface area (TPSA) is 49.0 Å². The van der Waals surface area contributed by atoms with Gasteiger partial charge in [0.1, 0.15) is 11.4 Å². The van der Waals surface area contributed by atoms with Gasteiger partial charge in [-0.1, -0.05) is 11.8 Å². The zero-order chi connectivity index (χ0) is 13.7. The zero-order valence-corrected chi connectivity index (χ0v) is 11.3. The molecule has 4 rings (SSSR count). The molecule has 1 aromatic heterocycles. The van der Waals surface area contributed by atoms with Crippen LogP contribution in [0, 0.1) is 5.82 Å². The van der Waals surface area contributed by atoms with Gasteiger partial charge in [0, 0.05) is 17.0 Å². The largest absolute Gasteiger partial charge is 0.464 e. The summed E-state index contributed by atoms with van der Waals surface area (Å²) in [6, 6.07) is 4.91. The smallest absolute Gasteiger partial charge is 0.168 e. The van der Waals surface area contributed by atoms with Crippen molar-refractivity contribution in [3.05, 3.63) is 40.7 Å². The third-order valence-corrected chi connectivity index (χ3v) is 4.59. The van der Waals surface area contributed by atoms with Gasteiger partial charge >= 0.3 is 0 Å². The molecule has 0 fully saturated rings. The molecule has 0 saturated heterocycles. The first-order valence-corrected chi connectivity index (χ1v) is 7.10. The summed E-state index contributed by atoms with van der Waals surface area (Å²) >= 11 is 1.45. The van der Waals surface area contributed by atoms with Crippen molar-refractivity contribution in [3.8, 4) is 0 Å². The molecule has 0 atom stereocenters. The van der Waals surface area contributed by atoms with Gasteiger partial charge in [-0.2, -0.15) is 0 Å². The summed E-state index contributed by atoms with van der Waals surface area (Å²) in [6.45, 7) is 1.42. The van der Waals surface area contributed by atoms with Crippen LogP contribution in [0.3, 0.4) is 0 Å². The first-order chi connectivity index (χ1) is 9.78. The fourth-order valence-corrected chi connectivity index (χ4v) is 3.68. The van der Waals surface area contributed by atoms with E-state index in [-0.39, 0.29) is 12.4 Å². The van der Waals surface area contributed by atoms with Crippen molar-refractivity contribution in [1.29, 1.82) is 0 Å². The number of halogens is 1. The van der Waals surface area contributed by atoms with Gasteiger partial charge < -0.3 is 14.4 Å². The van der Waals surface area contributed by atoms with Gasteiger partial charge in [-0.15, -0.1) is 0 Å². The van der Waals surface area contributed by atoms with Gasteiger partial charge in [0.15, 0.2) is 5.17 Å². The highest BCUT2D eigenvalue weighted by Gasteiger charge is 2.33. The molecule has 1 aromatic carbocycles. The van der Waals surface area contributed by atoms with Crippen LogP contribution < -0.4 is 0 Å². The van der Waals surface area contributed by atoms with E-state index in [0.717, 1.165) is 28.9 Å². The molecule has 102 valence electrons. The molecule has 0 saturated carbocycles. The quantitative estimate of drug-likeness (QED) is 0.923. The number of aliphatic hydroxyl groups is 1. The SMILES string of the molecule is OCC1=C(c2cc(F)c3ccoc3c2)N2CCN=C2S1. The van der Waals surface area contributed by atoms with Crippen LogP contribution in [-0.2, 0) is 0 Å². The van der Waals surface area contributed by atoms with Crippen molar-refractivity contribution >= 4 is 33.6 Å². The molecule has 4 nitrogen and oxygen atoms in total. The van der Waals surface area contributed by atoms with E-state index in [1.165, 1.54) is 24.1 Å². The van der Waals surface area contributed by atoms with Gasteiger partial charge in [0.2, 0.25) is 0 Å². The maximum absolute atomic E-state index is 14.1. The molecule has 0 amide bonds. The number of nitrogens with zero attached hydrogens (tertiary/aromatic N) is 2. The molecule has 3 heterocycles. The average molecular weight is 290 g/mol. The number of thioether (sulfide) groups is 1. The second-order valence-corrected chi connectivity index (χ2v) is 5.70. The fraction of sp³-hybridized carbons (Fsp3) is 0.214. The van der Waals surface area contributed by atoms with Crippen LogP contribution in [0.2, 0.25) is 0 Å². The molecule has 20 heavy (non-hydrogen) atoms. The van der Waals surface area contributed by atoms with Crippen LogP contribution in [0.5, 0.6) is 0 Å². The highest BCUT2D eigenvalue weighted by Crippen LogP contribution is 2.42. The lowest BCUT2D eigenvalue weighted by molar-refractivity contribution is 0.339. The Kier molecular flexibility index (Phi) is 2.61. The van der Waals surface area contributed by atoms with Gasteiger partial charge in [-0.25, -0.2) is 4.39 Å². The van der Waals surface area contributed by atoms with Crippen LogP contribution in [-0.4, -0.2) is 34.9 Å². The van der Waals surface area contributed by atoms with E-state index in [2.05, 4.69) is 4.99 Å². The number of furan rings is 1. The fourth-order valence-electron chi connectivity index (χ4n) is 2.62. The lowest BCUT2D eigenvalue weighted by Gasteiger charge is -2.17. The molecule has 0 radical (unpaired) electrons. The lowest BCUT2D eigenvalue weighted by Crippen LogP contribution is -2.20. The maximum atomic E-state index is 14.1. The summed E-state index contributed by atoms with van der Waals surface area (Å²) in [6.07, 6.45) is 1.48. The third-order valence-electron chi connectivity index (χ3n) is 3.49. The number of rotatable bonds is 2. The Morgan fingerprint density at radius 3 is 3.20 bits per heavy atom. The second-order valence-electron chi connectivity index (χ2n) is 4.64. The Morgan fingerprint density at radius 2 is 2.35 bits per heavy atom. The summed E-state index contributed by atoms with van der Waals surface area (Å²) in [4.78, 5) is 7.21. The Balaban J connectivity index is 1.90. The first kappa shape index (κ1) is 12.0. The lowest BCUT2D eigenvalue weighted by atomic mass is 10.1. The monoisotopic (exact) mass is 290 g/mol. The summed E-state index contributed by atoms with van der Waals surface area (Å²) in [5.74, 6) is -0.314. The summed E-state index contributed by atoms with van der Waals surface area (Å²) in [5.41, 5.74) is 2.07. The van der Waals surface area contributed by atoms with Crippen molar-refractivity contribution in [2.45, 2.75) is 0 Å². The highest BCUT2D eigenvalue weighted by atomic mass is 32.2. The van der Waals surface area contributed by atoms with Gasteiger partial charge in [0.25, 0.3) is 0 Å². The predicted octanol–water partition coefficient (Wildman–Crippen LogP) is 2.65. The van der Waals surface area contributed by atoms with E-state index in [9.17, 15) is 9.50 Å². The Bertz CT molecular complexity index is 766. The molecule has 0 unspecified atom stereocenters. The number of benzene rings is 1. The Morgan fingerprint density at radius 1 is 1.45 bits per heavy atom. The second kappa shape index (κ2) is 4.36. The van der Waals surface area contributed by atoms with E-state index < -0.39 is 0 Å². The number of hydrogen-bond donors (Lipinski definition) is 1. The van der Waals surface area contributed by atoms with Crippen molar-refractivity contribution in [2.75, 3.05) is 19.7 Å². The van der Waals surface area contributed by atoms with Gasteiger partial charge in [-0.3, -0.25) is 4.99 Å². The number of aliphatic imine (C=N–C) groups is 1. The number of hydrogen-bond acceptors (Lipinski definition) is 5. The molecule has 2 aliphatic heterocycles. The minimum atomic E-state index is -0.314. The van der Waals surface area contributed by atoms with Gasteiger partial charge in [0.05, 0.1) is 30.5 Å². The minimum Gasteiger partial charge on any atom is -0.464 e. The van der Waals surface area contributed by atoms with E-state index in [0.29, 0.717) is 16.5 Å². The Labute approximate surface area is 118 Å². The number of fused-ring (bicyclic) bond motifs is 2. The molecule has 6 heteroatoms. The molecule has 2 aliphatic rings. The molecule has 2 aromatic rings. The highest BCUT2D eigenvalue weighted by molar-refractivity contribution is 8.17.